The van der Waals surface area contributed by atoms with Crippen molar-refractivity contribution in [1.29, 1.82) is 0 Å². The first kappa shape index (κ1) is 12.6. The molecule has 1 N–H and O–H groups in total. The molecule has 90 valence electrons. The van der Waals surface area contributed by atoms with Crippen molar-refractivity contribution >= 4 is 27.3 Å². The highest BCUT2D eigenvalue weighted by Gasteiger charge is 2.32. The van der Waals surface area contributed by atoms with Crippen LogP contribution in [0.1, 0.15) is 24.6 Å². The molecule has 1 aliphatic rings. The van der Waals surface area contributed by atoms with Gasteiger partial charge in [-0.15, -0.1) is 11.3 Å². The van der Waals surface area contributed by atoms with Gasteiger partial charge in [0, 0.05) is 28.3 Å². The minimum atomic E-state index is -0.276. The summed E-state index contributed by atoms with van der Waals surface area (Å²) in [6, 6.07) is 2.04. The number of thiophene rings is 1. The first-order valence-corrected chi connectivity index (χ1v) is 7.41. The van der Waals surface area contributed by atoms with Gasteiger partial charge in [0.2, 0.25) is 0 Å². The molecule has 1 aliphatic heterocycles. The highest BCUT2D eigenvalue weighted by atomic mass is 79.9. The van der Waals surface area contributed by atoms with E-state index in [1.165, 1.54) is 4.88 Å². The predicted octanol–water partition coefficient (Wildman–Crippen LogP) is 3.23. The Morgan fingerprint density at radius 3 is 3.12 bits per heavy atom. The lowest BCUT2D eigenvalue weighted by atomic mass is 9.91. The Balaban J connectivity index is 1.97. The van der Waals surface area contributed by atoms with E-state index in [1.807, 2.05) is 6.07 Å². The van der Waals surface area contributed by atoms with Crippen LogP contribution in [0.2, 0.25) is 0 Å². The monoisotopic (exact) mass is 304 g/mol. The van der Waals surface area contributed by atoms with Gasteiger partial charge in [-0.2, -0.15) is 0 Å². The SMILES string of the molecule is CCC1OCCC1C(O)Cc1sccc1Br. The Hall–Kier alpha value is 0.100. The van der Waals surface area contributed by atoms with Crippen LogP contribution in [-0.2, 0) is 11.2 Å². The molecule has 1 aromatic rings. The summed E-state index contributed by atoms with van der Waals surface area (Å²) >= 11 is 5.20. The van der Waals surface area contributed by atoms with Crippen LogP contribution in [0.25, 0.3) is 0 Å². The van der Waals surface area contributed by atoms with Crippen LogP contribution in [0.3, 0.4) is 0 Å². The maximum atomic E-state index is 10.3. The van der Waals surface area contributed by atoms with Crippen molar-refractivity contribution in [1.82, 2.24) is 0 Å². The standard InChI is InChI=1S/C12H17BrO2S/c1-2-11-8(3-5-15-11)10(14)7-12-9(13)4-6-16-12/h4,6,8,10-11,14H,2-3,5,7H2,1H3. The predicted molar refractivity (Wildman–Crippen MR) is 69.9 cm³/mol. The lowest BCUT2D eigenvalue weighted by molar-refractivity contribution is 0.0320. The molecule has 1 saturated heterocycles. The number of hydrogen-bond acceptors (Lipinski definition) is 3. The lowest BCUT2D eigenvalue weighted by Gasteiger charge is -2.22. The molecule has 0 radical (unpaired) electrons. The van der Waals surface area contributed by atoms with Gasteiger partial charge in [-0.05, 0) is 40.2 Å². The third-order valence-electron chi connectivity index (χ3n) is 3.24. The van der Waals surface area contributed by atoms with Gasteiger partial charge < -0.3 is 9.84 Å². The minimum Gasteiger partial charge on any atom is -0.392 e. The summed E-state index contributed by atoms with van der Waals surface area (Å²) in [4.78, 5) is 1.23. The molecule has 1 fully saturated rings. The summed E-state index contributed by atoms with van der Waals surface area (Å²) in [6.45, 7) is 2.92. The lowest BCUT2D eigenvalue weighted by Crippen LogP contribution is -2.29. The van der Waals surface area contributed by atoms with Crippen molar-refractivity contribution in [2.24, 2.45) is 5.92 Å². The maximum Gasteiger partial charge on any atom is 0.0642 e. The molecular formula is C12H17BrO2S. The molecule has 0 amide bonds. The average molecular weight is 305 g/mol. The van der Waals surface area contributed by atoms with Crippen molar-refractivity contribution in [3.8, 4) is 0 Å². The molecule has 3 unspecified atom stereocenters. The fourth-order valence-electron chi connectivity index (χ4n) is 2.34. The van der Waals surface area contributed by atoms with Gasteiger partial charge in [0.25, 0.3) is 0 Å². The van der Waals surface area contributed by atoms with Gasteiger partial charge in [-0.1, -0.05) is 6.92 Å². The van der Waals surface area contributed by atoms with Crippen LogP contribution >= 0.6 is 27.3 Å². The number of aliphatic hydroxyl groups is 1. The van der Waals surface area contributed by atoms with E-state index in [0.717, 1.165) is 30.3 Å². The van der Waals surface area contributed by atoms with Gasteiger partial charge in [0.1, 0.15) is 0 Å². The van der Waals surface area contributed by atoms with E-state index in [-0.39, 0.29) is 12.2 Å². The molecule has 16 heavy (non-hydrogen) atoms. The Morgan fingerprint density at radius 1 is 1.69 bits per heavy atom. The number of aliphatic hydroxyl groups excluding tert-OH is 1. The fourth-order valence-corrected chi connectivity index (χ4v) is 3.90. The second-order valence-corrected chi connectivity index (χ2v) is 6.09. The molecule has 0 aromatic carbocycles. The zero-order chi connectivity index (χ0) is 11.5. The zero-order valence-corrected chi connectivity index (χ0v) is 11.8. The molecule has 2 heterocycles. The molecule has 0 spiro atoms. The summed E-state index contributed by atoms with van der Waals surface area (Å²) < 4.78 is 6.73. The van der Waals surface area contributed by atoms with Crippen molar-refractivity contribution in [3.05, 3.63) is 20.8 Å². The van der Waals surface area contributed by atoms with Crippen LogP contribution in [-0.4, -0.2) is 23.9 Å². The molecule has 0 bridgehead atoms. The first-order valence-electron chi connectivity index (χ1n) is 5.74. The van der Waals surface area contributed by atoms with Gasteiger partial charge in [-0.3, -0.25) is 0 Å². The smallest absolute Gasteiger partial charge is 0.0642 e. The van der Waals surface area contributed by atoms with Crippen LogP contribution in [0.4, 0.5) is 0 Å². The van der Waals surface area contributed by atoms with E-state index in [2.05, 4.69) is 28.2 Å². The van der Waals surface area contributed by atoms with Crippen molar-refractivity contribution in [2.45, 2.75) is 38.4 Å². The van der Waals surface area contributed by atoms with Crippen molar-refractivity contribution in [2.75, 3.05) is 6.61 Å². The molecule has 0 saturated carbocycles. The summed E-state index contributed by atoms with van der Waals surface area (Å²) in [7, 11) is 0. The second-order valence-electron chi connectivity index (χ2n) is 4.23. The van der Waals surface area contributed by atoms with E-state index in [1.54, 1.807) is 11.3 Å². The van der Waals surface area contributed by atoms with E-state index in [0.29, 0.717) is 5.92 Å². The quantitative estimate of drug-likeness (QED) is 0.925. The molecule has 4 heteroatoms. The Labute approximate surface area is 109 Å². The summed E-state index contributed by atoms with van der Waals surface area (Å²) in [5.74, 6) is 0.305. The third-order valence-corrected chi connectivity index (χ3v) is 5.19. The van der Waals surface area contributed by atoms with E-state index < -0.39 is 0 Å². The van der Waals surface area contributed by atoms with Crippen molar-refractivity contribution in [3.63, 3.8) is 0 Å². The highest BCUT2D eigenvalue weighted by Crippen LogP contribution is 2.31. The van der Waals surface area contributed by atoms with Crippen LogP contribution in [0.5, 0.6) is 0 Å². The molecule has 0 aliphatic carbocycles. The maximum absolute atomic E-state index is 10.3. The molecular weight excluding hydrogens is 288 g/mol. The Morgan fingerprint density at radius 2 is 2.50 bits per heavy atom. The van der Waals surface area contributed by atoms with E-state index in [9.17, 15) is 5.11 Å². The fraction of sp³-hybridized carbons (Fsp3) is 0.667. The normalized spacial score (nSPS) is 27.2. The largest absolute Gasteiger partial charge is 0.392 e. The van der Waals surface area contributed by atoms with Crippen LogP contribution in [0, 0.1) is 5.92 Å². The van der Waals surface area contributed by atoms with Crippen LogP contribution < -0.4 is 0 Å². The van der Waals surface area contributed by atoms with Crippen molar-refractivity contribution < 1.29 is 9.84 Å². The topological polar surface area (TPSA) is 29.5 Å². The number of ether oxygens (including phenoxy) is 1. The van der Waals surface area contributed by atoms with Gasteiger partial charge >= 0.3 is 0 Å². The Kier molecular flexibility index (Phi) is 4.41. The van der Waals surface area contributed by atoms with Gasteiger partial charge in [-0.25, -0.2) is 0 Å². The molecule has 3 atom stereocenters. The van der Waals surface area contributed by atoms with E-state index >= 15 is 0 Å². The van der Waals surface area contributed by atoms with E-state index in [4.69, 9.17) is 4.74 Å². The number of hydrogen-bond donors (Lipinski definition) is 1. The van der Waals surface area contributed by atoms with Crippen LogP contribution in [0.15, 0.2) is 15.9 Å². The molecule has 2 nitrogen and oxygen atoms in total. The van der Waals surface area contributed by atoms with Gasteiger partial charge in [0.15, 0.2) is 0 Å². The number of rotatable bonds is 4. The summed E-state index contributed by atoms with van der Waals surface area (Å²) in [5, 5.41) is 12.3. The third kappa shape index (κ3) is 2.67. The first-order chi connectivity index (χ1) is 7.72. The highest BCUT2D eigenvalue weighted by molar-refractivity contribution is 9.10. The summed E-state index contributed by atoms with van der Waals surface area (Å²) in [6.07, 6.45) is 2.69. The number of halogens is 1. The van der Waals surface area contributed by atoms with Gasteiger partial charge in [0.05, 0.1) is 12.2 Å². The molecule has 1 aromatic heterocycles. The Bertz CT molecular complexity index is 340. The molecule has 2 rings (SSSR count). The second kappa shape index (κ2) is 5.63. The zero-order valence-electron chi connectivity index (χ0n) is 9.36. The summed E-state index contributed by atoms with van der Waals surface area (Å²) in [5.41, 5.74) is 0. The average Bonchev–Trinajstić information content (AvgIpc) is 2.87. The minimum absolute atomic E-state index is 0.244.